The Hall–Kier alpha value is -1.71. The molecule has 0 aromatic heterocycles. The largest absolute Gasteiger partial charge is 0.508 e. The monoisotopic (exact) mass is 265 g/mol. The first-order valence-corrected chi connectivity index (χ1v) is 6.62. The summed E-state index contributed by atoms with van der Waals surface area (Å²) in [6, 6.07) is 3.88. The lowest BCUT2D eigenvalue weighted by molar-refractivity contribution is 0.0936. The maximum absolute atomic E-state index is 12.0. The zero-order valence-corrected chi connectivity index (χ0v) is 12.0. The molecule has 0 spiro atoms. The van der Waals surface area contributed by atoms with Gasteiger partial charge in [0.15, 0.2) is 0 Å². The van der Waals surface area contributed by atoms with Crippen LogP contribution in [0.5, 0.6) is 11.5 Å². The van der Waals surface area contributed by atoms with E-state index >= 15 is 0 Å². The maximum Gasteiger partial charge on any atom is 0.251 e. The van der Waals surface area contributed by atoms with Crippen LogP contribution in [0.3, 0.4) is 0 Å². The van der Waals surface area contributed by atoms with Gasteiger partial charge in [-0.25, -0.2) is 0 Å². The summed E-state index contributed by atoms with van der Waals surface area (Å²) in [6.45, 7) is 9.13. The van der Waals surface area contributed by atoms with Crippen LogP contribution in [0.15, 0.2) is 18.2 Å². The minimum absolute atomic E-state index is 0.116. The van der Waals surface area contributed by atoms with Crippen LogP contribution in [0.4, 0.5) is 0 Å². The molecule has 3 N–H and O–H groups in total. The van der Waals surface area contributed by atoms with E-state index < -0.39 is 0 Å². The first-order chi connectivity index (χ1) is 8.81. The Kier molecular flexibility index (Phi) is 5.21. The highest BCUT2D eigenvalue weighted by Crippen LogP contribution is 2.22. The highest BCUT2D eigenvalue weighted by atomic mass is 16.3. The standard InChI is InChI=1S/C15H23NO3/c1-9(2)14(10(3)4)8-16-15(19)11-5-12(17)7-13(18)6-11/h5-7,9-10,14,17-18H,8H2,1-4H3,(H,16,19). The van der Waals surface area contributed by atoms with Gasteiger partial charge in [-0.05, 0) is 29.9 Å². The second-order valence-electron chi connectivity index (χ2n) is 5.60. The predicted molar refractivity (Wildman–Crippen MR) is 75.3 cm³/mol. The van der Waals surface area contributed by atoms with Crippen LogP contribution >= 0.6 is 0 Å². The number of rotatable bonds is 5. The van der Waals surface area contributed by atoms with E-state index in [4.69, 9.17) is 0 Å². The van der Waals surface area contributed by atoms with Crippen LogP contribution in [-0.4, -0.2) is 22.7 Å². The Balaban J connectivity index is 2.69. The van der Waals surface area contributed by atoms with Crippen molar-refractivity contribution >= 4 is 5.91 Å². The van der Waals surface area contributed by atoms with Crippen molar-refractivity contribution in [1.82, 2.24) is 5.32 Å². The van der Waals surface area contributed by atoms with Crippen LogP contribution in [0.25, 0.3) is 0 Å². The third-order valence-corrected chi connectivity index (χ3v) is 3.38. The summed E-state index contributed by atoms with van der Waals surface area (Å²) in [6.07, 6.45) is 0. The van der Waals surface area contributed by atoms with E-state index in [9.17, 15) is 15.0 Å². The molecule has 106 valence electrons. The molecule has 19 heavy (non-hydrogen) atoms. The first-order valence-electron chi connectivity index (χ1n) is 6.62. The molecule has 1 amide bonds. The Labute approximate surface area is 114 Å². The topological polar surface area (TPSA) is 69.6 Å². The number of aromatic hydroxyl groups is 2. The average molecular weight is 265 g/mol. The quantitative estimate of drug-likeness (QED) is 0.766. The molecule has 0 radical (unpaired) electrons. The predicted octanol–water partition coefficient (Wildman–Crippen LogP) is 2.76. The summed E-state index contributed by atoms with van der Waals surface area (Å²) >= 11 is 0. The Morgan fingerprint density at radius 1 is 1.05 bits per heavy atom. The van der Waals surface area contributed by atoms with E-state index in [0.717, 1.165) is 0 Å². The Morgan fingerprint density at radius 3 is 1.95 bits per heavy atom. The van der Waals surface area contributed by atoms with E-state index in [-0.39, 0.29) is 23.0 Å². The summed E-state index contributed by atoms with van der Waals surface area (Å²) in [5.74, 6) is 0.854. The van der Waals surface area contributed by atoms with Gasteiger partial charge in [0, 0.05) is 18.2 Å². The van der Waals surface area contributed by atoms with Crippen LogP contribution < -0.4 is 5.32 Å². The van der Waals surface area contributed by atoms with Gasteiger partial charge in [-0.1, -0.05) is 27.7 Å². The summed E-state index contributed by atoms with van der Waals surface area (Å²) in [5, 5.41) is 21.6. The highest BCUT2D eigenvalue weighted by Gasteiger charge is 2.18. The zero-order chi connectivity index (χ0) is 14.6. The number of carbonyl (C=O) groups is 1. The smallest absolute Gasteiger partial charge is 0.251 e. The van der Waals surface area contributed by atoms with Crippen LogP contribution in [0.2, 0.25) is 0 Å². The number of benzene rings is 1. The van der Waals surface area contributed by atoms with Gasteiger partial charge in [0.25, 0.3) is 5.91 Å². The summed E-state index contributed by atoms with van der Waals surface area (Å²) in [4.78, 5) is 12.0. The van der Waals surface area contributed by atoms with E-state index in [0.29, 0.717) is 24.3 Å². The zero-order valence-electron chi connectivity index (χ0n) is 12.0. The van der Waals surface area contributed by atoms with Gasteiger partial charge < -0.3 is 15.5 Å². The van der Waals surface area contributed by atoms with Crippen molar-refractivity contribution in [3.63, 3.8) is 0 Å². The molecule has 0 saturated carbocycles. The summed E-state index contributed by atoms with van der Waals surface area (Å²) < 4.78 is 0. The van der Waals surface area contributed by atoms with Gasteiger partial charge in [0.1, 0.15) is 11.5 Å². The lowest BCUT2D eigenvalue weighted by Crippen LogP contribution is -2.33. The molecule has 0 bridgehead atoms. The third kappa shape index (κ3) is 4.47. The SMILES string of the molecule is CC(C)C(CNC(=O)c1cc(O)cc(O)c1)C(C)C. The molecule has 1 rings (SSSR count). The molecule has 0 aliphatic rings. The van der Waals surface area contributed by atoms with Crippen LogP contribution in [0.1, 0.15) is 38.1 Å². The first kappa shape index (κ1) is 15.3. The fourth-order valence-corrected chi connectivity index (χ4v) is 2.28. The van der Waals surface area contributed by atoms with Gasteiger partial charge in [-0.2, -0.15) is 0 Å². The molecular weight excluding hydrogens is 242 g/mol. The van der Waals surface area contributed by atoms with Gasteiger partial charge in [-0.3, -0.25) is 4.79 Å². The summed E-state index contributed by atoms with van der Waals surface area (Å²) in [7, 11) is 0. The van der Waals surface area contributed by atoms with Gasteiger partial charge in [0.2, 0.25) is 0 Å². The van der Waals surface area contributed by atoms with Gasteiger partial charge >= 0.3 is 0 Å². The molecule has 0 aliphatic carbocycles. The molecular formula is C15H23NO3. The van der Waals surface area contributed by atoms with Crippen molar-refractivity contribution in [2.24, 2.45) is 17.8 Å². The molecule has 0 heterocycles. The minimum Gasteiger partial charge on any atom is -0.508 e. The minimum atomic E-state index is -0.280. The number of carbonyl (C=O) groups excluding carboxylic acids is 1. The van der Waals surface area contributed by atoms with Crippen molar-refractivity contribution in [3.05, 3.63) is 23.8 Å². The lowest BCUT2D eigenvalue weighted by atomic mass is 9.85. The summed E-state index contributed by atoms with van der Waals surface area (Å²) in [5.41, 5.74) is 0.267. The van der Waals surface area contributed by atoms with Crippen molar-refractivity contribution in [2.45, 2.75) is 27.7 Å². The highest BCUT2D eigenvalue weighted by molar-refractivity contribution is 5.95. The Morgan fingerprint density at radius 2 is 1.53 bits per heavy atom. The van der Waals surface area contributed by atoms with E-state index in [1.165, 1.54) is 18.2 Å². The van der Waals surface area contributed by atoms with Crippen molar-refractivity contribution < 1.29 is 15.0 Å². The third-order valence-electron chi connectivity index (χ3n) is 3.38. The average Bonchev–Trinajstić information content (AvgIpc) is 2.26. The molecule has 0 fully saturated rings. The maximum atomic E-state index is 12.0. The Bertz CT molecular complexity index is 413. The molecule has 4 heteroatoms. The molecule has 0 saturated heterocycles. The van der Waals surface area contributed by atoms with E-state index in [1.54, 1.807) is 0 Å². The molecule has 0 aliphatic heterocycles. The molecule has 0 unspecified atom stereocenters. The second-order valence-corrected chi connectivity index (χ2v) is 5.60. The number of phenolic OH excluding ortho intramolecular Hbond substituents is 2. The van der Waals surface area contributed by atoms with Crippen LogP contribution in [-0.2, 0) is 0 Å². The normalized spacial score (nSPS) is 11.3. The number of phenols is 2. The second kappa shape index (κ2) is 6.45. The number of hydrogen-bond acceptors (Lipinski definition) is 3. The molecule has 1 aromatic rings. The van der Waals surface area contributed by atoms with Gasteiger partial charge in [0.05, 0.1) is 0 Å². The number of hydrogen-bond donors (Lipinski definition) is 3. The van der Waals surface area contributed by atoms with E-state index in [1.807, 2.05) is 0 Å². The number of amides is 1. The number of nitrogens with one attached hydrogen (secondary N) is 1. The van der Waals surface area contributed by atoms with Crippen molar-refractivity contribution in [1.29, 1.82) is 0 Å². The fourth-order valence-electron chi connectivity index (χ4n) is 2.28. The van der Waals surface area contributed by atoms with Crippen LogP contribution in [0, 0.1) is 17.8 Å². The van der Waals surface area contributed by atoms with Crippen molar-refractivity contribution in [3.8, 4) is 11.5 Å². The van der Waals surface area contributed by atoms with Gasteiger partial charge in [-0.15, -0.1) is 0 Å². The molecule has 4 nitrogen and oxygen atoms in total. The van der Waals surface area contributed by atoms with Crippen molar-refractivity contribution in [2.75, 3.05) is 6.54 Å². The van der Waals surface area contributed by atoms with E-state index in [2.05, 4.69) is 33.0 Å². The fraction of sp³-hybridized carbons (Fsp3) is 0.533. The lowest BCUT2D eigenvalue weighted by Gasteiger charge is -2.25. The molecule has 0 atom stereocenters. The molecule has 1 aromatic carbocycles.